The van der Waals surface area contributed by atoms with E-state index in [1.807, 2.05) is 42.3 Å². The first-order chi connectivity index (χ1) is 15.4. The molecule has 1 aromatic carbocycles. The van der Waals surface area contributed by atoms with Crippen LogP contribution in [0.15, 0.2) is 30.5 Å². The van der Waals surface area contributed by atoms with Crippen molar-refractivity contribution in [1.82, 2.24) is 29.8 Å². The molecule has 32 heavy (non-hydrogen) atoms. The summed E-state index contributed by atoms with van der Waals surface area (Å²) in [6.07, 6.45) is 1.81. The summed E-state index contributed by atoms with van der Waals surface area (Å²) in [5.74, 6) is 1.60. The van der Waals surface area contributed by atoms with Crippen molar-refractivity contribution in [3.05, 3.63) is 47.4 Å². The lowest BCUT2D eigenvalue weighted by Crippen LogP contribution is -2.72. The Labute approximate surface area is 187 Å². The van der Waals surface area contributed by atoms with E-state index in [0.29, 0.717) is 11.6 Å². The summed E-state index contributed by atoms with van der Waals surface area (Å²) in [6.45, 7) is 9.69. The van der Waals surface area contributed by atoms with Crippen molar-refractivity contribution < 1.29 is 9.53 Å². The van der Waals surface area contributed by atoms with Gasteiger partial charge < -0.3 is 20.3 Å². The second kappa shape index (κ2) is 7.74. The zero-order valence-electron chi connectivity index (χ0n) is 18.9. The monoisotopic (exact) mass is 435 g/mol. The molecular weight excluding hydrogens is 406 g/mol. The van der Waals surface area contributed by atoms with Crippen LogP contribution in [0.3, 0.4) is 0 Å². The van der Waals surface area contributed by atoms with Crippen LogP contribution in [-0.4, -0.2) is 63.7 Å². The molecule has 2 N–H and O–H groups in total. The van der Waals surface area contributed by atoms with Crippen LogP contribution in [0.4, 0.5) is 5.95 Å². The zero-order valence-corrected chi connectivity index (χ0v) is 18.9. The lowest BCUT2D eigenvalue weighted by atomic mass is 9.74. The van der Waals surface area contributed by atoms with E-state index in [2.05, 4.69) is 39.5 Å². The van der Waals surface area contributed by atoms with Gasteiger partial charge in [-0.2, -0.15) is 14.6 Å². The molecular formula is C23H29N7O2. The van der Waals surface area contributed by atoms with E-state index in [1.54, 1.807) is 11.6 Å². The van der Waals surface area contributed by atoms with Crippen LogP contribution in [0.25, 0.3) is 5.65 Å². The maximum atomic E-state index is 13.2. The van der Waals surface area contributed by atoms with Crippen molar-refractivity contribution in [2.75, 3.05) is 38.6 Å². The van der Waals surface area contributed by atoms with Crippen molar-refractivity contribution in [3.63, 3.8) is 0 Å². The summed E-state index contributed by atoms with van der Waals surface area (Å²) in [5.41, 5.74) is 2.95. The third-order valence-corrected chi connectivity index (χ3v) is 6.49. The quantitative estimate of drug-likeness (QED) is 0.614. The van der Waals surface area contributed by atoms with Crippen molar-refractivity contribution in [2.24, 2.45) is 5.41 Å². The number of nitrogens with zero attached hydrogens (tertiary/aromatic N) is 5. The highest BCUT2D eigenvalue weighted by molar-refractivity contribution is 5.92. The van der Waals surface area contributed by atoms with E-state index in [0.717, 1.165) is 43.1 Å². The second-order valence-electron chi connectivity index (χ2n) is 9.27. The Morgan fingerprint density at radius 2 is 2.00 bits per heavy atom. The van der Waals surface area contributed by atoms with E-state index in [4.69, 9.17) is 4.74 Å². The Bertz CT molecular complexity index is 1160. The van der Waals surface area contributed by atoms with Crippen LogP contribution in [0.5, 0.6) is 5.75 Å². The van der Waals surface area contributed by atoms with E-state index in [1.165, 1.54) is 0 Å². The summed E-state index contributed by atoms with van der Waals surface area (Å²) in [4.78, 5) is 24.3. The molecule has 5 rings (SSSR count). The van der Waals surface area contributed by atoms with Gasteiger partial charge in [0.1, 0.15) is 5.75 Å². The molecule has 1 atom stereocenters. The minimum Gasteiger partial charge on any atom is -0.497 e. The highest BCUT2D eigenvalue weighted by Gasteiger charge is 2.49. The number of rotatable bonds is 6. The number of ether oxygens (including phenoxy) is 1. The molecule has 9 heteroatoms. The Hall–Kier alpha value is -3.20. The normalized spacial score (nSPS) is 17.8. The molecule has 9 nitrogen and oxygen atoms in total. The molecule has 2 aliphatic heterocycles. The Kier molecular flexibility index (Phi) is 5.00. The minimum absolute atomic E-state index is 0.0776. The Balaban J connectivity index is 1.48. The van der Waals surface area contributed by atoms with Gasteiger partial charge in [0.25, 0.3) is 5.91 Å². The standard InChI is InChI=1S/C23H29N7O2/c1-14(2)18-9-25-30-20(18)27-19(21(31)29-12-23(13-29)10-24-11-23)28-22(30)26-15(3)16-6-5-7-17(8-16)32-4/h5-9,14-15,24H,10-13H2,1-4H3,(H,26,27,28)/t15-/m0/s1. The third-order valence-electron chi connectivity index (χ3n) is 6.49. The first-order valence-electron chi connectivity index (χ1n) is 11.1. The molecule has 4 heterocycles. The Morgan fingerprint density at radius 3 is 2.66 bits per heavy atom. The lowest BCUT2D eigenvalue weighted by molar-refractivity contribution is -0.0255. The fourth-order valence-electron chi connectivity index (χ4n) is 4.43. The van der Waals surface area contributed by atoms with Gasteiger partial charge in [-0.05, 0) is 30.5 Å². The summed E-state index contributed by atoms with van der Waals surface area (Å²) in [7, 11) is 1.65. The predicted molar refractivity (Wildman–Crippen MR) is 121 cm³/mol. The summed E-state index contributed by atoms with van der Waals surface area (Å²) in [5, 5.41) is 11.2. The maximum Gasteiger partial charge on any atom is 0.291 e. The smallest absolute Gasteiger partial charge is 0.291 e. The molecule has 1 amide bonds. The van der Waals surface area contributed by atoms with Gasteiger partial charge in [-0.3, -0.25) is 4.79 Å². The molecule has 168 valence electrons. The number of anilines is 1. The number of carbonyl (C=O) groups excluding carboxylic acids is 1. The number of benzene rings is 1. The molecule has 0 saturated carbocycles. The fraction of sp³-hybridized carbons (Fsp3) is 0.478. The van der Waals surface area contributed by atoms with Gasteiger partial charge >= 0.3 is 0 Å². The lowest BCUT2D eigenvalue weighted by Gasteiger charge is -2.55. The molecule has 0 radical (unpaired) electrons. The van der Waals surface area contributed by atoms with Gasteiger partial charge in [0, 0.05) is 37.2 Å². The second-order valence-corrected chi connectivity index (χ2v) is 9.27. The summed E-state index contributed by atoms with van der Waals surface area (Å²) < 4.78 is 7.05. The van der Waals surface area contributed by atoms with Crippen LogP contribution in [0, 0.1) is 5.41 Å². The van der Waals surface area contributed by atoms with E-state index in [-0.39, 0.29) is 29.1 Å². The van der Waals surface area contributed by atoms with Gasteiger partial charge in [0.2, 0.25) is 11.8 Å². The minimum atomic E-state index is -0.127. The third kappa shape index (κ3) is 3.46. The van der Waals surface area contributed by atoms with E-state index in [9.17, 15) is 4.79 Å². The predicted octanol–water partition coefficient (Wildman–Crippen LogP) is 2.47. The molecule has 0 unspecified atom stereocenters. The van der Waals surface area contributed by atoms with Crippen molar-refractivity contribution in [2.45, 2.75) is 32.7 Å². The van der Waals surface area contributed by atoms with Crippen LogP contribution in [0.1, 0.15) is 54.5 Å². The molecule has 2 aromatic heterocycles. The number of likely N-dealkylation sites (tertiary alicyclic amines) is 1. The molecule has 2 saturated heterocycles. The van der Waals surface area contributed by atoms with Crippen molar-refractivity contribution in [1.29, 1.82) is 0 Å². The number of carbonyl (C=O) groups is 1. The van der Waals surface area contributed by atoms with Crippen LogP contribution < -0.4 is 15.4 Å². The summed E-state index contributed by atoms with van der Waals surface area (Å²) >= 11 is 0. The number of fused-ring (bicyclic) bond motifs is 1. The van der Waals surface area contributed by atoms with Crippen LogP contribution >= 0.6 is 0 Å². The molecule has 2 fully saturated rings. The summed E-state index contributed by atoms with van der Waals surface area (Å²) in [6, 6.07) is 7.80. The SMILES string of the molecule is COc1cccc([C@H](C)Nc2nc(C(=O)N3CC4(CNC4)C3)nc3c(C(C)C)cnn23)c1. The number of aromatic nitrogens is 4. The number of amides is 1. The Morgan fingerprint density at radius 1 is 1.22 bits per heavy atom. The van der Waals surface area contributed by atoms with Crippen LogP contribution in [-0.2, 0) is 0 Å². The van der Waals surface area contributed by atoms with Gasteiger partial charge in [0.05, 0.1) is 19.3 Å². The zero-order chi connectivity index (χ0) is 22.5. The topological polar surface area (TPSA) is 96.7 Å². The highest BCUT2D eigenvalue weighted by atomic mass is 16.5. The first-order valence-corrected chi connectivity index (χ1v) is 11.1. The first kappa shape index (κ1) is 20.7. The number of methoxy groups -OCH3 is 1. The van der Waals surface area contributed by atoms with Crippen LogP contribution in [0.2, 0.25) is 0 Å². The van der Waals surface area contributed by atoms with Crippen molar-refractivity contribution in [3.8, 4) is 5.75 Å². The molecule has 3 aromatic rings. The van der Waals surface area contributed by atoms with Gasteiger partial charge in [-0.1, -0.05) is 26.0 Å². The molecule has 0 bridgehead atoms. The average Bonchev–Trinajstić information content (AvgIpc) is 3.16. The molecule has 0 aliphatic carbocycles. The molecule has 2 aliphatic rings. The fourth-order valence-corrected chi connectivity index (χ4v) is 4.43. The maximum absolute atomic E-state index is 13.2. The van der Waals surface area contributed by atoms with E-state index < -0.39 is 0 Å². The van der Waals surface area contributed by atoms with Crippen molar-refractivity contribution >= 4 is 17.5 Å². The molecule has 1 spiro atoms. The van der Waals surface area contributed by atoms with E-state index >= 15 is 0 Å². The van der Waals surface area contributed by atoms with Gasteiger partial charge in [-0.25, -0.2) is 4.98 Å². The van der Waals surface area contributed by atoms with Gasteiger partial charge in [0.15, 0.2) is 5.65 Å². The highest BCUT2D eigenvalue weighted by Crippen LogP contribution is 2.35. The number of nitrogens with one attached hydrogen (secondary N) is 2. The number of hydrogen-bond acceptors (Lipinski definition) is 7. The average molecular weight is 436 g/mol. The number of hydrogen-bond donors (Lipinski definition) is 2. The van der Waals surface area contributed by atoms with Gasteiger partial charge in [-0.15, -0.1) is 0 Å². The largest absolute Gasteiger partial charge is 0.497 e.